The van der Waals surface area contributed by atoms with E-state index in [1.165, 1.54) is 0 Å². The Morgan fingerprint density at radius 3 is 2.19 bits per heavy atom. The van der Waals surface area contributed by atoms with Crippen LogP contribution in [0.2, 0.25) is 0 Å². The first-order valence-electron chi connectivity index (χ1n) is 9.96. The van der Waals surface area contributed by atoms with Crippen molar-refractivity contribution in [3.63, 3.8) is 0 Å². The Hall–Kier alpha value is -3.64. The van der Waals surface area contributed by atoms with Crippen molar-refractivity contribution in [2.45, 2.75) is 19.1 Å². The second-order valence-electron chi connectivity index (χ2n) is 7.43. The molecule has 0 aromatic heterocycles. The lowest BCUT2D eigenvalue weighted by molar-refractivity contribution is -0.139. The molecule has 0 fully saturated rings. The van der Waals surface area contributed by atoms with Crippen molar-refractivity contribution in [3.8, 4) is 16.9 Å². The van der Waals surface area contributed by atoms with Gasteiger partial charge in [0.25, 0.3) is 0 Å². The molecule has 1 unspecified atom stereocenters. The summed E-state index contributed by atoms with van der Waals surface area (Å²) in [6.45, 7) is 1.70. The Morgan fingerprint density at radius 2 is 1.52 bits per heavy atom. The molecule has 0 aliphatic rings. The van der Waals surface area contributed by atoms with Crippen molar-refractivity contribution >= 4 is 11.8 Å². The van der Waals surface area contributed by atoms with Crippen LogP contribution in [0.25, 0.3) is 11.1 Å². The van der Waals surface area contributed by atoms with E-state index in [1.54, 1.807) is 32.2 Å². The molecule has 160 valence electrons. The summed E-state index contributed by atoms with van der Waals surface area (Å²) in [5.41, 5.74) is 2.24. The fourth-order valence-corrected chi connectivity index (χ4v) is 3.13. The molecule has 0 radical (unpaired) electrons. The Kier molecular flexibility index (Phi) is 7.05. The lowest BCUT2D eigenvalue weighted by Crippen LogP contribution is -2.45. The van der Waals surface area contributed by atoms with Crippen LogP contribution in [0.15, 0.2) is 78.9 Å². The van der Waals surface area contributed by atoms with E-state index in [1.807, 2.05) is 60.7 Å². The van der Waals surface area contributed by atoms with Gasteiger partial charge in [0.15, 0.2) is 0 Å². The minimum absolute atomic E-state index is 0.0941. The van der Waals surface area contributed by atoms with Crippen molar-refractivity contribution in [3.05, 3.63) is 90.0 Å². The van der Waals surface area contributed by atoms with Crippen LogP contribution < -0.4 is 15.4 Å². The lowest BCUT2D eigenvalue weighted by Gasteiger charge is -2.24. The molecule has 0 aliphatic carbocycles. The van der Waals surface area contributed by atoms with Crippen molar-refractivity contribution in [2.75, 3.05) is 13.7 Å². The molecule has 3 rings (SSSR count). The van der Waals surface area contributed by atoms with Gasteiger partial charge in [-0.15, -0.1) is 0 Å². The lowest BCUT2D eigenvalue weighted by atomic mass is 9.93. The first-order valence-corrected chi connectivity index (χ1v) is 9.96. The van der Waals surface area contributed by atoms with E-state index >= 15 is 0 Å². The number of hydrogen-bond acceptors (Lipinski definition) is 4. The van der Waals surface area contributed by atoms with Gasteiger partial charge in [-0.2, -0.15) is 0 Å². The average Bonchev–Trinajstić information content (AvgIpc) is 2.81. The molecular formula is C25H26N2O4. The van der Waals surface area contributed by atoms with Crippen LogP contribution in [0.1, 0.15) is 18.1 Å². The third-order valence-corrected chi connectivity index (χ3v) is 5.00. The molecule has 6 nitrogen and oxygen atoms in total. The molecule has 2 amide bonds. The number of amides is 2. The zero-order chi connectivity index (χ0) is 22.3. The highest BCUT2D eigenvalue weighted by molar-refractivity contribution is 6.35. The topological polar surface area (TPSA) is 87.7 Å². The molecule has 0 heterocycles. The van der Waals surface area contributed by atoms with Crippen LogP contribution in [0.4, 0.5) is 0 Å². The monoisotopic (exact) mass is 418 g/mol. The molecule has 3 N–H and O–H groups in total. The smallest absolute Gasteiger partial charge is 0.309 e. The van der Waals surface area contributed by atoms with Gasteiger partial charge in [-0.1, -0.05) is 66.7 Å². The van der Waals surface area contributed by atoms with Crippen molar-refractivity contribution < 1.29 is 19.4 Å². The summed E-state index contributed by atoms with van der Waals surface area (Å²) in [6.07, 6.45) is 0. The van der Waals surface area contributed by atoms with E-state index in [2.05, 4.69) is 10.6 Å². The number of rotatable bonds is 7. The van der Waals surface area contributed by atoms with Gasteiger partial charge in [0.2, 0.25) is 0 Å². The second kappa shape index (κ2) is 9.91. The third kappa shape index (κ3) is 5.93. The first kappa shape index (κ1) is 22.1. The predicted molar refractivity (Wildman–Crippen MR) is 119 cm³/mol. The fraction of sp³-hybridized carbons (Fsp3) is 0.200. The predicted octanol–water partition coefficient (Wildman–Crippen LogP) is 3.00. The standard InChI is InChI=1S/C25H26N2O4/c1-25(30,21-13-11-20(12-14-21)19-8-4-3-5-9-19)17-27-24(29)23(28)26-16-18-7-6-10-22(15-18)31-2/h3-15,30H,16-17H2,1-2H3,(H,26,28)(H,27,29). The fourth-order valence-electron chi connectivity index (χ4n) is 3.13. The van der Waals surface area contributed by atoms with Crippen LogP contribution in [-0.2, 0) is 21.7 Å². The molecule has 1 atom stereocenters. The molecule has 0 saturated heterocycles. The van der Waals surface area contributed by atoms with Gasteiger partial charge >= 0.3 is 11.8 Å². The Labute approximate surface area is 181 Å². The maximum atomic E-state index is 12.1. The Bertz CT molecular complexity index is 1030. The van der Waals surface area contributed by atoms with Crippen molar-refractivity contribution in [1.29, 1.82) is 0 Å². The zero-order valence-electron chi connectivity index (χ0n) is 17.6. The maximum Gasteiger partial charge on any atom is 0.309 e. The number of nitrogens with one attached hydrogen (secondary N) is 2. The quantitative estimate of drug-likeness (QED) is 0.515. The number of aliphatic hydroxyl groups is 1. The summed E-state index contributed by atoms with van der Waals surface area (Å²) in [7, 11) is 1.56. The zero-order valence-corrected chi connectivity index (χ0v) is 17.6. The van der Waals surface area contributed by atoms with Gasteiger partial charge in [-0.25, -0.2) is 0 Å². The second-order valence-corrected chi connectivity index (χ2v) is 7.43. The van der Waals surface area contributed by atoms with E-state index in [0.717, 1.165) is 16.7 Å². The van der Waals surface area contributed by atoms with Crippen LogP contribution in [0.3, 0.4) is 0 Å². The van der Waals surface area contributed by atoms with Crippen molar-refractivity contribution in [2.24, 2.45) is 0 Å². The largest absolute Gasteiger partial charge is 0.497 e. The maximum absolute atomic E-state index is 12.1. The van der Waals surface area contributed by atoms with Crippen LogP contribution in [-0.4, -0.2) is 30.6 Å². The van der Waals surface area contributed by atoms with E-state index in [0.29, 0.717) is 11.3 Å². The average molecular weight is 418 g/mol. The molecular weight excluding hydrogens is 392 g/mol. The Balaban J connectivity index is 1.53. The van der Waals surface area contributed by atoms with Crippen LogP contribution in [0.5, 0.6) is 5.75 Å². The summed E-state index contributed by atoms with van der Waals surface area (Å²) < 4.78 is 5.14. The number of methoxy groups -OCH3 is 1. The number of carbonyl (C=O) groups is 2. The van der Waals surface area contributed by atoms with Crippen LogP contribution in [0, 0.1) is 0 Å². The van der Waals surface area contributed by atoms with Gasteiger partial charge in [0.1, 0.15) is 11.4 Å². The minimum Gasteiger partial charge on any atom is -0.497 e. The molecule has 0 aliphatic heterocycles. The summed E-state index contributed by atoms with van der Waals surface area (Å²) in [4.78, 5) is 24.2. The van der Waals surface area contributed by atoms with Gasteiger partial charge in [0, 0.05) is 6.54 Å². The highest BCUT2D eigenvalue weighted by Gasteiger charge is 2.25. The molecule has 0 saturated carbocycles. The molecule has 31 heavy (non-hydrogen) atoms. The van der Waals surface area contributed by atoms with Crippen molar-refractivity contribution in [1.82, 2.24) is 10.6 Å². The van der Waals surface area contributed by atoms with Gasteiger partial charge in [0.05, 0.1) is 13.7 Å². The summed E-state index contributed by atoms with van der Waals surface area (Å²) >= 11 is 0. The number of ether oxygens (including phenoxy) is 1. The van der Waals surface area contributed by atoms with Crippen LogP contribution >= 0.6 is 0 Å². The summed E-state index contributed by atoms with van der Waals surface area (Å²) in [6, 6.07) is 24.6. The Morgan fingerprint density at radius 1 is 0.871 bits per heavy atom. The van der Waals surface area contributed by atoms with Gasteiger partial charge in [-0.3, -0.25) is 9.59 Å². The van der Waals surface area contributed by atoms with E-state index in [4.69, 9.17) is 4.74 Å². The number of carbonyl (C=O) groups excluding carboxylic acids is 2. The SMILES string of the molecule is COc1cccc(CNC(=O)C(=O)NCC(C)(O)c2ccc(-c3ccccc3)cc2)c1. The van der Waals surface area contributed by atoms with Gasteiger partial charge in [-0.05, 0) is 41.3 Å². The molecule has 0 bridgehead atoms. The normalized spacial score (nSPS) is 12.5. The summed E-state index contributed by atoms with van der Waals surface area (Å²) in [5.74, 6) is -0.896. The molecule has 0 spiro atoms. The minimum atomic E-state index is -1.32. The molecule has 3 aromatic carbocycles. The van der Waals surface area contributed by atoms with Gasteiger partial charge < -0.3 is 20.5 Å². The molecule has 6 heteroatoms. The number of benzene rings is 3. The van der Waals surface area contributed by atoms with E-state index < -0.39 is 17.4 Å². The molecule has 3 aromatic rings. The third-order valence-electron chi connectivity index (χ3n) is 5.00. The highest BCUT2D eigenvalue weighted by Crippen LogP contribution is 2.24. The first-order chi connectivity index (χ1) is 14.9. The van der Waals surface area contributed by atoms with E-state index in [9.17, 15) is 14.7 Å². The number of hydrogen-bond donors (Lipinski definition) is 3. The summed E-state index contributed by atoms with van der Waals surface area (Å²) in [5, 5.41) is 15.8. The highest BCUT2D eigenvalue weighted by atomic mass is 16.5. The van der Waals surface area contributed by atoms with E-state index in [-0.39, 0.29) is 13.1 Å².